The van der Waals surface area contributed by atoms with Gasteiger partial charge in [0.1, 0.15) is 4.60 Å². The van der Waals surface area contributed by atoms with Crippen LogP contribution in [0.25, 0.3) is 0 Å². The van der Waals surface area contributed by atoms with Crippen molar-refractivity contribution in [3.63, 3.8) is 0 Å². The largest absolute Gasteiger partial charge is 0.344 e. The second-order valence-electron chi connectivity index (χ2n) is 2.24. The molecule has 1 heterocycles. The first-order valence-corrected chi connectivity index (χ1v) is 4.22. The molecule has 0 radical (unpaired) electrons. The Bertz CT molecular complexity index is 292. The van der Waals surface area contributed by atoms with Gasteiger partial charge in [0.25, 0.3) is 0 Å². The number of carbonyl (C=O) groups is 1. The predicted octanol–water partition coefficient (Wildman–Crippen LogP) is 0.865. The number of nitrogens with one attached hydrogen (secondary N) is 2. The molecule has 0 atom stereocenters. The zero-order chi connectivity index (χ0) is 9.84. The maximum atomic E-state index is 10.9. The van der Waals surface area contributed by atoms with E-state index < -0.39 is 6.03 Å². The summed E-state index contributed by atoms with van der Waals surface area (Å²) in [6.07, 6.45) is 0. The molecule has 1 rings (SSSR count). The van der Waals surface area contributed by atoms with Crippen molar-refractivity contribution in [1.29, 1.82) is 0 Å². The van der Waals surface area contributed by atoms with Gasteiger partial charge in [0, 0.05) is 13.1 Å². The summed E-state index contributed by atoms with van der Waals surface area (Å²) >= 11 is 3.24. The number of hydrogen-bond acceptors (Lipinski definition) is 3. The lowest BCUT2D eigenvalue weighted by Gasteiger charge is -2.00. The fraction of sp³-hybridized carbons (Fsp3) is 0.333. The molecule has 0 aliphatic heterocycles. The Balaban J connectivity index is 2.59. The molecule has 0 aliphatic rings. The van der Waals surface area contributed by atoms with Gasteiger partial charge in [0.15, 0.2) is 5.82 Å². The maximum Gasteiger partial charge on any atom is 0.344 e. The number of nitrogens with zero attached hydrogens (tertiary/aromatic N) is 2. The van der Waals surface area contributed by atoms with Gasteiger partial charge in [-0.05, 0) is 15.9 Å². The number of carbonyl (C=O) groups excluding carboxylic acids is 1. The van der Waals surface area contributed by atoms with Crippen LogP contribution in [0.4, 0.5) is 10.6 Å². The van der Waals surface area contributed by atoms with Gasteiger partial charge in [-0.3, -0.25) is 14.8 Å². The van der Waals surface area contributed by atoms with Crippen LogP contribution in [0.2, 0.25) is 0 Å². The molecule has 0 aliphatic carbocycles. The topological polar surface area (TPSA) is 68.2 Å². The van der Waals surface area contributed by atoms with Gasteiger partial charge in [-0.25, -0.2) is 10.3 Å². The van der Waals surface area contributed by atoms with E-state index in [9.17, 15) is 4.79 Å². The minimum Gasteiger partial charge on any atom is -0.289 e. The molecule has 7 heteroatoms. The Kier molecular flexibility index (Phi) is 3.26. The first kappa shape index (κ1) is 10.0. The summed E-state index contributed by atoms with van der Waals surface area (Å²) in [7, 11) is 3.11. The summed E-state index contributed by atoms with van der Waals surface area (Å²) in [6, 6.07) is 1.21. The Morgan fingerprint density at radius 2 is 2.46 bits per heavy atom. The van der Waals surface area contributed by atoms with Crippen molar-refractivity contribution >= 4 is 27.8 Å². The number of hydrogen-bond donors (Lipinski definition) is 2. The average molecular weight is 249 g/mol. The van der Waals surface area contributed by atoms with Gasteiger partial charge in [-0.1, -0.05) is 0 Å². The van der Waals surface area contributed by atoms with Crippen molar-refractivity contribution in [2.45, 2.75) is 0 Å². The minimum absolute atomic E-state index is 0.448. The van der Waals surface area contributed by atoms with E-state index in [1.807, 2.05) is 0 Å². The quantitative estimate of drug-likeness (QED) is 0.764. The maximum absolute atomic E-state index is 10.9. The lowest BCUT2D eigenvalue weighted by atomic mass is 10.6. The van der Waals surface area contributed by atoms with Crippen molar-refractivity contribution in [2.75, 3.05) is 12.4 Å². The van der Waals surface area contributed by atoms with E-state index in [0.29, 0.717) is 5.82 Å². The van der Waals surface area contributed by atoms with Crippen molar-refractivity contribution in [3.05, 3.63) is 10.7 Å². The fourth-order valence-corrected chi connectivity index (χ4v) is 1.04. The van der Waals surface area contributed by atoms with Crippen LogP contribution < -0.4 is 10.8 Å². The van der Waals surface area contributed by atoms with Crippen LogP contribution in [0.15, 0.2) is 10.7 Å². The molecule has 0 saturated heterocycles. The molecule has 1 aromatic heterocycles. The SMILES string of the molecule is CONC(=O)Nc1cc(Br)n(C)n1. The van der Waals surface area contributed by atoms with Gasteiger partial charge in [0.2, 0.25) is 0 Å². The van der Waals surface area contributed by atoms with Gasteiger partial charge in [-0.15, -0.1) is 0 Å². The summed E-state index contributed by atoms with van der Waals surface area (Å²) in [5.41, 5.74) is 2.11. The highest BCUT2D eigenvalue weighted by Gasteiger charge is 2.05. The normalized spacial score (nSPS) is 9.77. The van der Waals surface area contributed by atoms with Crippen LogP contribution in [0, 0.1) is 0 Å². The third-order valence-electron chi connectivity index (χ3n) is 1.26. The first-order valence-electron chi connectivity index (χ1n) is 3.43. The number of amides is 2. The van der Waals surface area contributed by atoms with Crippen molar-refractivity contribution in [3.8, 4) is 0 Å². The van der Waals surface area contributed by atoms with E-state index >= 15 is 0 Å². The molecule has 6 nitrogen and oxygen atoms in total. The molecule has 0 fully saturated rings. The zero-order valence-electron chi connectivity index (χ0n) is 7.17. The van der Waals surface area contributed by atoms with Gasteiger partial charge in [0.05, 0.1) is 7.11 Å². The summed E-state index contributed by atoms with van der Waals surface area (Å²) < 4.78 is 2.36. The lowest BCUT2D eigenvalue weighted by Crippen LogP contribution is -2.27. The molecule has 2 N–H and O–H groups in total. The molecule has 13 heavy (non-hydrogen) atoms. The second kappa shape index (κ2) is 4.24. The number of aromatic nitrogens is 2. The molecular formula is C6H9BrN4O2. The monoisotopic (exact) mass is 248 g/mol. The van der Waals surface area contributed by atoms with Crippen molar-refractivity contribution < 1.29 is 9.63 Å². The summed E-state index contributed by atoms with van der Waals surface area (Å²) in [4.78, 5) is 15.3. The third kappa shape index (κ3) is 2.71. The number of urea groups is 1. The van der Waals surface area contributed by atoms with E-state index in [2.05, 4.69) is 36.7 Å². The lowest BCUT2D eigenvalue weighted by molar-refractivity contribution is 0.114. The van der Waals surface area contributed by atoms with E-state index in [4.69, 9.17) is 0 Å². The predicted molar refractivity (Wildman–Crippen MR) is 50.1 cm³/mol. The molecule has 0 aromatic carbocycles. The van der Waals surface area contributed by atoms with E-state index in [0.717, 1.165) is 4.60 Å². The van der Waals surface area contributed by atoms with Gasteiger partial charge in [-0.2, -0.15) is 5.10 Å². The standard InChI is InChI=1S/C6H9BrN4O2/c1-11-4(7)3-5(9-11)8-6(12)10-13-2/h3H,1-2H3,(H2,8,9,10,12). The molecule has 72 valence electrons. The summed E-state index contributed by atoms with van der Waals surface area (Å²) in [5.74, 6) is 0.448. The molecule has 0 unspecified atom stereocenters. The highest BCUT2D eigenvalue weighted by atomic mass is 79.9. The molecule has 0 saturated carbocycles. The second-order valence-corrected chi connectivity index (χ2v) is 3.05. The van der Waals surface area contributed by atoms with Crippen molar-refractivity contribution in [1.82, 2.24) is 15.3 Å². The van der Waals surface area contributed by atoms with Crippen LogP contribution >= 0.6 is 15.9 Å². The summed E-state index contributed by atoms with van der Waals surface area (Å²) in [6.45, 7) is 0. The van der Waals surface area contributed by atoms with E-state index in [-0.39, 0.29) is 0 Å². The van der Waals surface area contributed by atoms with E-state index in [1.165, 1.54) is 7.11 Å². The number of aryl methyl sites for hydroxylation is 1. The van der Waals surface area contributed by atoms with Crippen LogP contribution in [-0.4, -0.2) is 22.9 Å². The fourth-order valence-electron chi connectivity index (χ4n) is 0.740. The number of halogens is 1. The van der Waals surface area contributed by atoms with Gasteiger partial charge < -0.3 is 0 Å². The Morgan fingerprint density at radius 1 is 1.77 bits per heavy atom. The Morgan fingerprint density at radius 3 is 2.92 bits per heavy atom. The average Bonchev–Trinajstić information content (AvgIpc) is 2.31. The number of hydroxylamine groups is 1. The molecule has 0 spiro atoms. The van der Waals surface area contributed by atoms with Crippen molar-refractivity contribution in [2.24, 2.45) is 7.05 Å². The van der Waals surface area contributed by atoms with Crippen LogP contribution in [-0.2, 0) is 11.9 Å². The highest BCUT2D eigenvalue weighted by molar-refractivity contribution is 9.10. The number of anilines is 1. The minimum atomic E-state index is -0.465. The smallest absolute Gasteiger partial charge is 0.289 e. The van der Waals surface area contributed by atoms with Crippen LogP contribution in [0.1, 0.15) is 0 Å². The number of rotatable bonds is 2. The van der Waals surface area contributed by atoms with Gasteiger partial charge >= 0.3 is 6.03 Å². The Labute approximate surface area is 83.3 Å². The summed E-state index contributed by atoms with van der Waals surface area (Å²) in [5, 5.41) is 6.44. The third-order valence-corrected chi connectivity index (χ3v) is 2.00. The highest BCUT2D eigenvalue weighted by Crippen LogP contribution is 2.13. The molecule has 2 amide bonds. The molecular weight excluding hydrogens is 240 g/mol. The Hall–Kier alpha value is -1.08. The van der Waals surface area contributed by atoms with Crippen LogP contribution in [0.3, 0.4) is 0 Å². The molecule has 0 bridgehead atoms. The van der Waals surface area contributed by atoms with Crippen LogP contribution in [0.5, 0.6) is 0 Å². The zero-order valence-corrected chi connectivity index (χ0v) is 8.75. The first-order chi connectivity index (χ1) is 6.13. The van der Waals surface area contributed by atoms with E-state index in [1.54, 1.807) is 17.8 Å². The molecule has 1 aromatic rings.